The zero-order chi connectivity index (χ0) is 12.3. The minimum Gasteiger partial charge on any atom is -0.505 e. The smallest absolute Gasteiger partial charge is 0.167 e. The Kier molecular flexibility index (Phi) is 3.09. The second-order valence-corrected chi connectivity index (χ2v) is 3.31. The van der Waals surface area contributed by atoms with E-state index < -0.39 is 11.6 Å². The fourth-order valence-electron chi connectivity index (χ4n) is 1.18. The molecule has 0 fully saturated rings. The van der Waals surface area contributed by atoms with Crippen LogP contribution in [0.3, 0.4) is 0 Å². The van der Waals surface area contributed by atoms with Crippen molar-refractivity contribution in [2.24, 2.45) is 10.2 Å². The van der Waals surface area contributed by atoms with Crippen LogP contribution in [0.1, 0.15) is 0 Å². The van der Waals surface area contributed by atoms with E-state index in [-0.39, 0.29) is 11.5 Å². The van der Waals surface area contributed by atoms with Gasteiger partial charge in [-0.2, -0.15) is 10.2 Å². The number of rotatable bonds is 2. The summed E-state index contributed by atoms with van der Waals surface area (Å²) in [6, 6.07) is 9.09. The van der Waals surface area contributed by atoms with E-state index in [1.807, 2.05) is 0 Å². The van der Waals surface area contributed by atoms with Gasteiger partial charge in [0.2, 0.25) is 0 Å². The summed E-state index contributed by atoms with van der Waals surface area (Å²) >= 11 is 0. The van der Waals surface area contributed by atoms with Gasteiger partial charge in [0.25, 0.3) is 0 Å². The highest BCUT2D eigenvalue weighted by atomic mass is 19.1. The van der Waals surface area contributed by atoms with Gasteiger partial charge in [-0.25, -0.2) is 8.78 Å². The molecule has 0 spiro atoms. The molecule has 86 valence electrons. The molecular weight excluding hydrogens is 226 g/mol. The number of hydrogen-bond acceptors (Lipinski definition) is 3. The molecule has 0 heterocycles. The Morgan fingerprint density at radius 3 is 2.06 bits per heavy atom. The number of halogens is 2. The quantitative estimate of drug-likeness (QED) is 0.781. The number of azo groups is 1. The van der Waals surface area contributed by atoms with Crippen LogP contribution >= 0.6 is 0 Å². The third-order valence-corrected chi connectivity index (χ3v) is 2.04. The molecule has 0 aliphatic carbocycles. The van der Waals surface area contributed by atoms with Crippen molar-refractivity contribution in [3.05, 3.63) is 54.1 Å². The SMILES string of the molecule is Oc1ccc(N=Nc2ccc(F)cc2)cc1F. The average molecular weight is 234 g/mol. The fourth-order valence-corrected chi connectivity index (χ4v) is 1.18. The Morgan fingerprint density at radius 2 is 1.41 bits per heavy atom. The molecule has 0 aliphatic rings. The molecule has 1 N–H and O–H groups in total. The van der Waals surface area contributed by atoms with E-state index in [4.69, 9.17) is 5.11 Å². The Hall–Kier alpha value is -2.30. The molecule has 3 nitrogen and oxygen atoms in total. The number of phenolic OH excluding ortho intramolecular Hbond substituents is 1. The van der Waals surface area contributed by atoms with Crippen LogP contribution in [0.4, 0.5) is 20.2 Å². The predicted octanol–water partition coefficient (Wildman–Crippen LogP) is 4.09. The van der Waals surface area contributed by atoms with Crippen molar-refractivity contribution < 1.29 is 13.9 Å². The highest BCUT2D eigenvalue weighted by Gasteiger charge is 2.00. The predicted molar refractivity (Wildman–Crippen MR) is 58.6 cm³/mol. The van der Waals surface area contributed by atoms with Gasteiger partial charge in [-0.1, -0.05) is 0 Å². The Bertz CT molecular complexity index is 553. The molecule has 17 heavy (non-hydrogen) atoms. The molecule has 2 aromatic rings. The molecule has 5 heteroatoms. The monoisotopic (exact) mass is 234 g/mol. The van der Waals surface area contributed by atoms with Crippen LogP contribution in [0.25, 0.3) is 0 Å². The van der Waals surface area contributed by atoms with Crippen LogP contribution in [0.5, 0.6) is 5.75 Å². The van der Waals surface area contributed by atoms with Gasteiger partial charge in [0.1, 0.15) is 5.82 Å². The summed E-state index contributed by atoms with van der Waals surface area (Å²) < 4.78 is 25.6. The number of phenols is 1. The first-order chi connectivity index (χ1) is 8.15. The van der Waals surface area contributed by atoms with Crippen LogP contribution in [0.15, 0.2) is 52.7 Å². The van der Waals surface area contributed by atoms with Crippen LogP contribution in [-0.2, 0) is 0 Å². The van der Waals surface area contributed by atoms with E-state index in [0.29, 0.717) is 5.69 Å². The topological polar surface area (TPSA) is 45.0 Å². The lowest BCUT2D eigenvalue weighted by Crippen LogP contribution is -1.74. The lowest BCUT2D eigenvalue weighted by molar-refractivity contribution is 0.432. The van der Waals surface area contributed by atoms with Crippen molar-refractivity contribution in [1.82, 2.24) is 0 Å². The van der Waals surface area contributed by atoms with Crippen molar-refractivity contribution in [1.29, 1.82) is 0 Å². The second-order valence-electron chi connectivity index (χ2n) is 3.31. The first-order valence-corrected chi connectivity index (χ1v) is 4.81. The summed E-state index contributed by atoms with van der Waals surface area (Å²) in [5.74, 6) is -1.56. The van der Waals surface area contributed by atoms with Crippen LogP contribution in [-0.4, -0.2) is 5.11 Å². The molecule has 2 aromatic carbocycles. The Labute approximate surface area is 96.1 Å². The number of benzene rings is 2. The molecular formula is C12H8F2N2O. The van der Waals surface area contributed by atoms with E-state index in [9.17, 15) is 8.78 Å². The van der Waals surface area contributed by atoms with Gasteiger partial charge < -0.3 is 5.11 Å². The number of hydrogen-bond donors (Lipinski definition) is 1. The molecule has 0 unspecified atom stereocenters. The van der Waals surface area contributed by atoms with Crippen molar-refractivity contribution in [2.45, 2.75) is 0 Å². The van der Waals surface area contributed by atoms with E-state index in [0.717, 1.165) is 6.07 Å². The second kappa shape index (κ2) is 4.69. The summed E-state index contributed by atoms with van der Waals surface area (Å²) in [5.41, 5.74) is 0.726. The zero-order valence-corrected chi connectivity index (χ0v) is 8.64. The summed E-state index contributed by atoms with van der Waals surface area (Å²) in [6.45, 7) is 0. The summed E-state index contributed by atoms with van der Waals surface area (Å²) in [4.78, 5) is 0. The van der Waals surface area contributed by atoms with E-state index >= 15 is 0 Å². The molecule has 0 aliphatic heterocycles. The average Bonchev–Trinajstić information content (AvgIpc) is 2.33. The van der Waals surface area contributed by atoms with Gasteiger partial charge in [0, 0.05) is 6.07 Å². The van der Waals surface area contributed by atoms with E-state index in [2.05, 4.69) is 10.2 Å². The summed E-state index contributed by atoms with van der Waals surface area (Å²) in [7, 11) is 0. The van der Waals surface area contributed by atoms with Crippen LogP contribution in [0, 0.1) is 11.6 Å². The molecule has 0 amide bonds. The largest absolute Gasteiger partial charge is 0.505 e. The third-order valence-electron chi connectivity index (χ3n) is 2.04. The lowest BCUT2D eigenvalue weighted by atomic mass is 10.3. The van der Waals surface area contributed by atoms with Crippen molar-refractivity contribution in [3.63, 3.8) is 0 Å². The molecule has 0 saturated heterocycles. The maximum atomic E-state index is 13.0. The van der Waals surface area contributed by atoms with Crippen molar-refractivity contribution in [2.75, 3.05) is 0 Å². The van der Waals surface area contributed by atoms with Gasteiger partial charge >= 0.3 is 0 Å². The van der Waals surface area contributed by atoms with Crippen LogP contribution < -0.4 is 0 Å². The Morgan fingerprint density at radius 1 is 0.824 bits per heavy atom. The normalized spacial score (nSPS) is 10.9. The molecule has 0 radical (unpaired) electrons. The molecule has 0 aromatic heterocycles. The summed E-state index contributed by atoms with van der Waals surface area (Å²) in [6.07, 6.45) is 0. The minimum atomic E-state index is -0.763. The first kappa shape index (κ1) is 11.2. The first-order valence-electron chi connectivity index (χ1n) is 4.81. The lowest BCUT2D eigenvalue weighted by Gasteiger charge is -1.96. The molecule has 0 bridgehead atoms. The number of nitrogens with zero attached hydrogens (tertiary/aromatic N) is 2. The van der Waals surface area contributed by atoms with E-state index in [1.54, 1.807) is 0 Å². The zero-order valence-electron chi connectivity index (χ0n) is 8.64. The van der Waals surface area contributed by atoms with Crippen LogP contribution in [0.2, 0.25) is 0 Å². The summed E-state index contributed by atoms with van der Waals surface area (Å²) in [5, 5.41) is 16.5. The highest BCUT2D eigenvalue weighted by molar-refractivity contribution is 5.43. The maximum absolute atomic E-state index is 13.0. The third kappa shape index (κ3) is 2.84. The maximum Gasteiger partial charge on any atom is 0.167 e. The number of aromatic hydroxyl groups is 1. The van der Waals surface area contributed by atoms with Gasteiger partial charge in [-0.15, -0.1) is 0 Å². The highest BCUT2D eigenvalue weighted by Crippen LogP contribution is 2.23. The van der Waals surface area contributed by atoms with Crippen molar-refractivity contribution >= 4 is 11.4 Å². The van der Waals surface area contributed by atoms with Gasteiger partial charge in [-0.05, 0) is 36.4 Å². The van der Waals surface area contributed by atoms with Gasteiger partial charge in [-0.3, -0.25) is 0 Å². The van der Waals surface area contributed by atoms with E-state index in [1.165, 1.54) is 36.4 Å². The standard InChI is InChI=1S/C12H8F2N2O/c13-8-1-3-9(4-2-8)15-16-10-5-6-12(17)11(14)7-10/h1-7,17H. The molecule has 2 rings (SSSR count). The fraction of sp³-hybridized carbons (Fsp3) is 0. The van der Waals surface area contributed by atoms with Crippen molar-refractivity contribution in [3.8, 4) is 5.75 Å². The van der Waals surface area contributed by atoms with Gasteiger partial charge in [0.15, 0.2) is 11.6 Å². The molecule has 0 atom stereocenters. The Balaban J connectivity index is 2.20. The van der Waals surface area contributed by atoms with Gasteiger partial charge in [0.05, 0.1) is 11.4 Å². The molecule has 0 saturated carbocycles. The minimum absolute atomic E-state index is 0.268.